The Morgan fingerprint density at radius 1 is 1.37 bits per heavy atom. The molecule has 0 aliphatic carbocycles. The monoisotopic (exact) mass is 277 g/mol. The summed E-state index contributed by atoms with van der Waals surface area (Å²) in [7, 11) is 1.93. The largest absolute Gasteiger partial charge is 0.478 e. The van der Waals surface area contributed by atoms with Crippen LogP contribution in [0.15, 0.2) is 24.3 Å². The first-order chi connectivity index (χ1) is 9.08. The molecule has 2 rings (SSSR count). The lowest BCUT2D eigenvalue weighted by atomic mass is 10.0. The molecule has 19 heavy (non-hydrogen) atoms. The predicted octanol–water partition coefficient (Wildman–Crippen LogP) is 2.22. The zero-order valence-corrected chi connectivity index (χ0v) is 11.6. The molecule has 0 saturated carbocycles. The molecule has 1 heterocycles. The number of hydrogen-bond donors (Lipinski definition) is 1. The summed E-state index contributed by atoms with van der Waals surface area (Å²) in [6.07, 6.45) is 0.664. The van der Waals surface area contributed by atoms with E-state index in [0.717, 1.165) is 15.7 Å². The maximum Gasteiger partial charge on any atom is 0.335 e. The lowest BCUT2D eigenvalue weighted by Gasteiger charge is -2.15. The summed E-state index contributed by atoms with van der Waals surface area (Å²) < 4.78 is 0. The van der Waals surface area contributed by atoms with E-state index < -0.39 is 5.97 Å². The van der Waals surface area contributed by atoms with Crippen molar-refractivity contribution in [2.45, 2.75) is 13.3 Å². The van der Waals surface area contributed by atoms with E-state index in [-0.39, 0.29) is 0 Å². The number of anilines is 1. The van der Waals surface area contributed by atoms with Gasteiger partial charge in [-0.2, -0.15) is 0 Å². The van der Waals surface area contributed by atoms with Gasteiger partial charge in [-0.25, -0.2) is 4.79 Å². The number of aromatic nitrogens is 2. The molecule has 1 aromatic heterocycles. The fourth-order valence-corrected chi connectivity index (χ4v) is 2.45. The molecule has 0 aliphatic rings. The van der Waals surface area contributed by atoms with Crippen molar-refractivity contribution in [3.63, 3.8) is 0 Å². The van der Waals surface area contributed by atoms with E-state index in [9.17, 15) is 4.79 Å². The molecule has 1 N–H and O–H groups in total. The highest BCUT2D eigenvalue weighted by Gasteiger charge is 2.11. The van der Waals surface area contributed by atoms with Crippen LogP contribution in [0.5, 0.6) is 0 Å². The first-order valence-electron chi connectivity index (χ1n) is 5.90. The molecular formula is C13H15N3O2S. The Balaban J connectivity index is 2.05. The fraction of sp³-hybridized carbons (Fsp3) is 0.308. The lowest BCUT2D eigenvalue weighted by Crippen LogP contribution is -2.21. The van der Waals surface area contributed by atoms with Crippen molar-refractivity contribution in [3.8, 4) is 0 Å². The van der Waals surface area contributed by atoms with Crippen molar-refractivity contribution >= 4 is 22.4 Å². The number of likely N-dealkylation sites (N-methyl/N-ethyl adjacent to an activating group) is 1. The van der Waals surface area contributed by atoms with Gasteiger partial charge in [0.15, 0.2) is 0 Å². The Hall–Kier alpha value is -1.95. The topological polar surface area (TPSA) is 66.3 Å². The van der Waals surface area contributed by atoms with Gasteiger partial charge in [-0.3, -0.25) is 0 Å². The van der Waals surface area contributed by atoms with Gasteiger partial charge >= 0.3 is 5.97 Å². The summed E-state index contributed by atoms with van der Waals surface area (Å²) in [6, 6.07) is 7.08. The Morgan fingerprint density at radius 3 is 2.74 bits per heavy atom. The zero-order valence-electron chi connectivity index (χ0n) is 10.8. The Labute approximate surface area is 115 Å². The molecule has 0 fully saturated rings. The number of carboxylic acids is 1. The van der Waals surface area contributed by atoms with Crippen LogP contribution in [-0.4, -0.2) is 34.9 Å². The second-order valence-corrected chi connectivity index (χ2v) is 5.40. The summed E-state index contributed by atoms with van der Waals surface area (Å²) in [5, 5.41) is 18.9. The van der Waals surface area contributed by atoms with Crippen LogP contribution in [0, 0.1) is 6.92 Å². The van der Waals surface area contributed by atoms with Gasteiger partial charge in [0.1, 0.15) is 5.01 Å². The first kappa shape index (κ1) is 13.5. The van der Waals surface area contributed by atoms with Gasteiger partial charge in [-0.15, -0.1) is 10.2 Å². The number of nitrogens with zero attached hydrogens (tertiary/aromatic N) is 3. The zero-order chi connectivity index (χ0) is 13.8. The smallest absolute Gasteiger partial charge is 0.335 e. The van der Waals surface area contributed by atoms with E-state index in [1.165, 1.54) is 11.3 Å². The molecule has 1 aromatic carbocycles. The van der Waals surface area contributed by atoms with E-state index >= 15 is 0 Å². The molecule has 0 radical (unpaired) electrons. The molecule has 0 aliphatic heterocycles. The van der Waals surface area contributed by atoms with Gasteiger partial charge in [0.2, 0.25) is 5.13 Å². The van der Waals surface area contributed by atoms with E-state index in [4.69, 9.17) is 5.11 Å². The van der Waals surface area contributed by atoms with Crippen molar-refractivity contribution in [2.24, 2.45) is 0 Å². The Morgan fingerprint density at radius 2 is 2.11 bits per heavy atom. The van der Waals surface area contributed by atoms with Crippen molar-refractivity contribution in [3.05, 3.63) is 40.4 Å². The van der Waals surface area contributed by atoms with Crippen LogP contribution in [0.1, 0.15) is 20.9 Å². The third-order valence-corrected chi connectivity index (χ3v) is 3.76. The predicted molar refractivity (Wildman–Crippen MR) is 75.0 cm³/mol. The maximum absolute atomic E-state index is 11.1. The molecule has 5 nitrogen and oxygen atoms in total. The summed E-state index contributed by atoms with van der Waals surface area (Å²) >= 11 is 1.53. The molecular weight excluding hydrogens is 262 g/mol. The van der Waals surface area contributed by atoms with E-state index in [2.05, 4.69) is 10.2 Å². The highest BCUT2D eigenvalue weighted by molar-refractivity contribution is 7.15. The molecule has 2 aromatic rings. The van der Waals surface area contributed by atoms with E-state index in [1.807, 2.05) is 31.0 Å². The van der Waals surface area contributed by atoms with Crippen molar-refractivity contribution in [2.75, 3.05) is 18.5 Å². The second-order valence-electron chi connectivity index (χ2n) is 4.24. The molecule has 0 unspecified atom stereocenters. The number of aryl methyl sites for hydroxylation is 1. The third kappa shape index (κ3) is 3.29. The van der Waals surface area contributed by atoms with Gasteiger partial charge in [0, 0.05) is 13.6 Å². The average molecular weight is 277 g/mol. The molecule has 0 spiro atoms. The van der Waals surface area contributed by atoms with Crippen LogP contribution in [-0.2, 0) is 6.42 Å². The van der Waals surface area contributed by atoms with Crippen molar-refractivity contribution < 1.29 is 9.90 Å². The van der Waals surface area contributed by atoms with Crippen LogP contribution in [0.25, 0.3) is 0 Å². The Kier molecular flexibility index (Phi) is 4.11. The van der Waals surface area contributed by atoms with Crippen molar-refractivity contribution in [1.82, 2.24) is 10.2 Å². The molecule has 0 atom stereocenters. The number of rotatable bonds is 5. The summed E-state index contributed by atoms with van der Waals surface area (Å²) in [6.45, 7) is 2.62. The minimum atomic E-state index is -0.884. The number of aromatic carboxylic acids is 1. The summed E-state index contributed by atoms with van der Waals surface area (Å²) in [5.74, 6) is -0.884. The number of carboxylic acid groups (broad SMARTS) is 1. The van der Waals surface area contributed by atoms with Gasteiger partial charge < -0.3 is 10.0 Å². The molecule has 100 valence electrons. The normalized spacial score (nSPS) is 10.4. The minimum absolute atomic E-state index is 0.365. The number of benzene rings is 1. The molecule has 6 heteroatoms. The van der Waals surface area contributed by atoms with E-state index in [0.29, 0.717) is 18.5 Å². The maximum atomic E-state index is 11.1. The third-order valence-electron chi connectivity index (χ3n) is 2.81. The highest BCUT2D eigenvalue weighted by atomic mass is 32.1. The average Bonchev–Trinajstić information content (AvgIpc) is 2.83. The summed E-state index contributed by atoms with van der Waals surface area (Å²) in [5.41, 5.74) is 1.20. The molecule has 0 bridgehead atoms. The minimum Gasteiger partial charge on any atom is -0.478 e. The van der Waals surface area contributed by atoms with Crippen LogP contribution >= 0.6 is 11.3 Å². The van der Waals surface area contributed by atoms with Crippen LogP contribution < -0.4 is 4.90 Å². The van der Waals surface area contributed by atoms with Gasteiger partial charge in [0.05, 0.1) is 5.56 Å². The van der Waals surface area contributed by atoms with Crippen LogP contribution in [0.4, 0.5) is 5.13 Å². The highest BCUT2D eigenvalue weighted by Crippen LogP contribution is 2.18. The first-order valence-corrected chi connectivity index (χ1v) is 6.72. The van der Waals surface area contributed by atoms with Crippen molar-refractivity contribution in [1.29, 1.82) is 0 Å². The summed E-state index contributed by atoms with van der Waals surface area (Å²) in [4.78, 5) is 13.1. The van der Waals surface area contributed by atoms with Gasteiger partial charge in [-0.05, 0) is 25.0 Å². The molecule has 0 saturated heterocycles. The standard InChI is InChI=1S/C13H15N3O2S/c1-9-14-15-13(19-9)16(2)8-7-10-5-3-4-6-11(10)12(17)18/h3-6H,7-8H2,1-2H3,(H,17,18). The molecule has 0 amide bonds. The SMILES string of the molecule is Cc1nnc(N(C)CCc2ccccc2C(=O)O)s1. The number of hydrogen-bond acceptors (Lipinski definition) is 5. The van der Waals surface area contributed by atoms with Crippen LogP contribution in [0.3, 0.4) is 0 Å². The fourth-order valence-electron chi connectivity index (χ4n) is 1.77. The van der Waals surface area contributed by atoms with Crippen LogP contribution in [0.2, 0.25) is 0 Å². The Bertz CT molecular complexity index is 583. The van der Waals surface area contributed by atoms with Gasteiger partial charge in [0.25, 0.3) is 0 Å². The van der Waals surface area contributed by atoms with Gasteiger partial charge in [-0.1, -0.05) is 29.5 Å². The lowest BCUT2D eigenvalue weighted by molar-refractivity contribution is 0.0695. The number of carbonyl (C=O) groups is 1. The van der Waals surface area contributed by atoms with E-state index in [1.54, 1.807) is 12.1 Å². The second kappa shape index (κ2) is 5.79. The quantitative estimate of drug-likeness (QED) is 0.907.